The predicted molar refractivity (Wildman–Crippen MR) is 73.7 cm³/mol. The topological polar surface area (TPSA) is 32.7 Å². The summed E-state index contributed by atoms with van der Waals surface area (Å²) in [7, 11) is 2.13. The van der Waals surface area contributed by atoms with Crippen molar-refractivity contribution in [1.82, 2.24) is 4.90 Å². The van der Waals surface area contributed by atoms with Crippen molar-refractivity contribution in [1.29, 1.82) is 0 Å². The molecule has 1 atom stereocenters. The van der Waals surface area contributed by atoms with E-state index < -0.39 is 5.60 Å². The normalized spacial score (nSPS) is 33.2. The molecule has 2 fully saturated rings. The lowest BCUT2D eigenvalue weighted by atomic mass is 9.91. The minimum atomic E-state index is -0.461. The van der Waals surface area contributed by atoms with Gasteiger partial charge in [0.05, 0.1) is 16.8 Å². The van der Waals surface area contributed by atoms with Crippen LogP contribution in [0.25, 0.3) is 0 Å². The molecule has 0 radical (unpaired) electrons. The number of likely N-dealkylation sites (N-methyl/N-ethyl adjacent to an activating group) is 1. The van der Waals surface area contributed by atoms with Crippen LogP contribution in [-0.2, 0) is 4.74 Å². The Kier molecular flexibility index (Phi) is 3.54. The maximum absolute atomic E-state index is 10.5. The van der Waals surface area contributed by atoms with E-state index in [1.807, 2.05) is 0 Å². The Morgan fingerprint density at radius 1 is 1.17 bits per heavy atom. The summed E-state index contributed by atoms with van der Waals surface area (Å²) in [4.78, 5) is 2.32. The summed E-state index contributed by atoms with van der Waals surface area (Å²) in [6, 6.07) is 0.386. The molecule has 0 amide bonds. The van der Waals surface area contributed by atoms with Crippen molar-refractivity contribution in [2.45, 2.75) is 82.6 Å². The first-order valence-electron chi connectivity index (χ1n) is 7.26. The molecule has 1 saturated heterocycles. The highest BCUT2D eigenvalue weighted by molar-refractivity contribution is 5.01. The zero-order chi connectivity index (χ0) is 13.6. The third-order valence-corrected chi connectivity index (χ3v) is 4.64. The van der Waals surface area contributed by atoms with Crippen molar-refractivity contribution in [3.8, 4) is 0 Å². The van der Waals surface area contributed by atoms with Gasteiger partial charge in [-0.1, -0.05) is 12.8 Å². The SMILES string of the molecule is CN(CC1(O)CCCC1)C1CC(C)(C)OC1(C)C. The first-order chi connectivity index (χ1) is 8.14. The molecule has 1 N–H and O–H groups in total. The summed E-state index contributed by atoms with van der Waals surface area (Å²) < 4.78 is 6.14. The van der Waals surface area contributed by atoms with E-state index in [4.69, 9.17) is 4.74 Å². The van der Waals surface area contributed by atoms with E-state index in [-0.39, 0.29) is 11.2 Å². The molecule has 0 bridgehead atoms. The molecular weight excluding hydrogens is 226 g/mol. The van der Waals surface area contributed by atoms with Gasteiger partial charge in [0, 0.05) is 12.6 Å². The van der Waals surface area contributed by atoms with Gasteiger partial charge >= 0.3 is 0 Å². The summed E-state index contributed by atoms with van der Waals surface area (Å²) in [6.45, 7) is 9.43. The van der Waals surface area contributed by atoms with Gasteiger partial charge in [-0.3, -0.25) is 4.90 Å². The smallest absolute Gasteiger partial charge is 0.0789 e. The second-order valence-electron chi connectivity index (χ2n) is 7.53. The first-order valence-corrected chi connectivity index (χ1v) is 7.26. The van der Waals surface area contributed by atoms with Gasteiger partial charge in [-0.2, -0.15) is 0 Å². The Hall–Kier alpha value is -0.120. The highest BCUT2D eigenvalue weighted by atomic mass is 16.5. The molecule has 1 aliphatic carbocycles. The molecule has 0 aromatic rings. The molecule has 0 aromatic carbocycles. The van der Waals surface area contributed by atoms with E-state index in [2.05, 4.69) is 39.6 Å². The average Bonchev–Trinajstić information content (AvgIpc) is 2.67. The Balaban J connectivity index is 2.02. The lowest BCUT2D eigenvalue weighted by Crippen LogP contribution is -2.50. The van der Waals surface area contributed by atoms with Crippen LogP contribution in [0.15, 0.2) is 0 Å². The summed E-state index contributed by atoms with van der Waals surface area (Å²) in [5.74, 6) is 0. The molecular formula is C15H29NO2. The third-order valence-electron chi connectivity index (χ3n) is 4.64. The maximum Gasteiger partial charge on any atom is 0.0789 e. The van der Waals surface area contributed by atoms with Crippen molar-refractivity contribution in [3.05, 3.63) is 0 Å². The van der Waals surface area contributed by atoms with Gasteiger partial charge < -0.3 is 9.84 Å². The average molecular weight is 255 g/mol. The molecule has 0 aromatic heterocycles. The highest BCUT2D eigenvalue weighted by Crippen LogP contribution is 2.41. The molecule has 3 nitrogen and oxygen atoms in total. The molecule has 0 spiro atoms. The third kappa shape index (κ3) is 2.89. The molecule has 18 heavy (non-hydrogen) atoms. The van der Waals surface area contributed by atoms with Crippen LogP contribution in [0.5, 0.6) is 0 Å². The summed E-state index contributed by atoms with van der Waals surface area (Å²) >= 11 is 0. The van der Waals surface area contributed by atoms with E-state index in [1.165, 1.54) is 12.8 Å². The van der Waals surface area contributed by atoms with Gasteiger partial charge in [-0.25, -0.2) is 0 Å². The Morgan fingerprint density at radius 3 is 2.17 bits per heavy atom. The number of ether oxygens (including phenoxy) is 1. The van der Waals surface area contributed by atoms with Crippen LogP contribution in [0.4, 0.5) is 0 Å². The zero-order valence-corrected chi connectivity index (χ0v) is 12.6. The Morgan fingerprint density at radius 2 is 1.72 bits per heavy atom. The van der Waals surface area contributed by atoms with E-state index >= 15 is 0 Å². The molecule has 1 saturated carbocycles. The van der Waals surface area contributed by atoms with E-state index in [1.54, 1.807) is 0 Å². The number of aliphatic hydroxyl groups is 1. The van der Waals surface area contributed by atoms with Gasteiger partial charge in [-0.05, 0) is 54.0 Å². The summed E-state index contributed by atoms with van der Waals surface area (Å²) in [5.41, 5.74) is -0.647. The van der Waals surface area contributed by atoms with Crippen molar-refractivity contribution in [2.75, 3.05) is 13.6 Å². The fourth-order valence-corrected chi connectivity index (χ4v) is 3.99. The predicted octanol–water partition coefficient (Wildman–Crippen LogP) is 2.57. The Bertz CT molecular complexity index is 306. The minimum Gasteiger partial charge on any atom is -0.389 e. The molecule has 2 rings (SSSR count). The molecule has 106 valence electrons. The quantitative estimate of drug-likeness (QED) is 0.841. The number of nitrogens with zero attached hydrogens (tertiary/aromatic N) is 1. The lowest BCUT2D eigenvalue weighted by molar-refractivity contribution is -0.0847. The largest absolute Gasteiger partial charge is 0.389 e. The monoisotopic (exact) mass is 255 g/mol. The van der Waals surface area contributed by atoms with Crippen LogP contribution in [0.2, 0.25) is 0 Å². The second kappa shape index (κ2) is 4.46. The van der Waals surface area contributed by atoms with Crippen LogP contribution in [0.3, 0.4) is 0 Å². The Labute approximate surface area is 112 Å². The van der Waals surface area contributed by atoms with Crippen molar-refractivity contribution < 1.29 is 9.84 Å². The van der Waals surface area contributed by atoms with Crippen molar-refractivity contribution in [2.24, 2.45) is 0 Å². The zero-order valence-electron chi connectivity index (χ0n) is 12.6. The van der Waals surface area contributed by atoms with Crippen LogP contribution in [-0.4, -0.2) is 46.4 Å². The second-order valence-corrected chi connectivity index (χ2v) is 7.53. The van der Waals surface area contributed by atoms with Crippen LogP contribution in [0, 0.1) is 0 Å². The van der Waals surface area contributed by atoms with E-state index in [0.29, 0.717) is 6.04 Å². The lowest BCUT2D eigenvalue weighted by Gasteiger charge is -2.37. The standard InChI is InChI=1S/C15H29NO2/c1-13(2)10-12(14(3,4)18-13)16(5)11-15(17)8-6-7-9-15/h12,17H,6-11H2,1-5H3. The number of hydrogen-bond acceptors (Lipinski definition) is 3. The number of rotatable bonds is 3. The van der Waals surface area contributed by atoms with Crippen LogP contribution < -0.4 is 0 Å². The highest BCUT2D eigenvalue weighted by Gasteiger charge is 2.48. The molecule has 1 unspecified atom stereocenters. The fraction of sp³-hybridized carbons (Fsp3) is 1.00. The first kappa shape index (κ1) is 14.3. The van der Waals surface area contributed by atoms with Gasteiger partial charge in [0.25, 0.3) is 0 Å². The van der Waals surface area contributed by atoms with E-state index in [0.717, 1.165) is 25.8 Å². The molecule has 3 heteroatoms. The fourth-order valence-electron chi connectivity index (χ4n) is 3.99. The van der Waals surface area contributed by atoms with Gasteiger partial charge in [0.2, 0.25) is 0 Å². The maximum atomic E-state index is 10.5. The van der Waals surface area contributed by atoms with Crippen molar-refractivity contribution >= 4 is 0 Å². The number of hydrogen-bond donors (Lipinski definition) is 1. The van der Waals surface area contributed by atoms with Gasteiger partial charge in [-0.15, -0.1) is 0 Å². The van der Waals surface area contributed by atoms with E-state index in [9.17, 15) is 5.11 Å². The minimum absolute atomic E-state index is 0.0548. The van der Waals surface area contributed by atoms with Crippen molar-refractivity contribution in [3.63, 3.8) is 0 Å². The molecule has 2 aliphatic rings. The van der Waals surface area contributed by atoms with Crippen LogP contribution in [0.1, 0.15) is 59.8 Å². The van der Waals surface area contributed by atoms with Gasteiger partial charge in [0.1, 0.15) is 0 Å². The summed E-state index contributed by atoms with van der Waals surface area (Å²) in [5, 5.41) is 10.5. The van der Waals surface area contributed by atoms with Crippen LogP contribution >= 0.6 is 0 Å². The molecule has 1 heterocycles. The molecule has 1 aliphatic heterocycles. The summed E-state index contributed by atoms with van der Waals surface area (Å²) in [6.07, 6.45) is 5.27. The van der Waals surface area contributed by atoms with Gasteiger partial charge in [0.15, 0.2) is 0 Å².